The number of carbonyl (C=O) groups excluding carboxylic acids is 1. The molecule has 34 heavy (non-hydrogen) atoms. The summed E-state index contributed by atoms with van der Waals surface area (Å²) in [6.07, 6.45) is 0.231. The van der Waals surface area contributed by atoms with E-state index in [1.54, 1.807) is 42.5 Å². The van der Waals surface area contributed by atoms with Gasteiger partial charge in [0.15, 0.2) is 9.84 Å². The standard InChI is InChI=1S/C22H22Cl3F2N3O3S/c1-21(26,27)13-18(20(31)29-12-11-28)30-19(22(23,24)25)16-5-3-14(4-6-16)15-7-9-17(10-8-15)34(2,32)33/h3-10,18-19,30H,12-13H2,1-2H3,(H,29,31)/t18-,19-/m0/s1. The number of nitrogens with one attached hydrogen (secondary N) is 2. The molecule has 2 aromatic rings. The van der Waals surface area contributed by atoms with Crippen molar-refractivity contribution in [2.75, 3.05) is 12.8 Å². The van der Waals surface area contributed by atoms with E-state index in [0.29, 0.717) is 12.5 Å². The first-order valence-corrected chi connectivity index (χ1v) is 12.9. The number of carbonyl (C=O) groups is 1. The molecule has 2 aromatic carbocycles. The minimum Gasteiger partial charge on any atom is -0.342 e. The second-order valence-electron chi connectivity index (χ2n) is 7.76. The first-order valence-electron chi connectivity index (χ1n) is 9.87. The highest BCUT2D eigenvalue weighted by Crippen LogP contribution is 2.41. The van der Waals surface area contributed by atoms with E-state index < -0.39 is 44.0 Å². The highest BCUT2D eigenvalue weighted by atomic mass is 35.6. The number of sulfone groups is 1. The van der Waals surface area contributed by atoms with E-state index in [0.717, 1.165) is 17.4 Å². The van der Waals surface area contributed by atoms with Crippen molar-refractivity contribution in [3.8, 4) is 17.2 Å². The number of halogens is 5. The monoisotopic (exact) mass is 551 g/mol. The number of rotatable bonds is 9. The summed E-state index contributed by atoms with van der Waals surface area (Å²) < 4.78 is 48.7. The molecule has 0 saturated heterocycles. The van der Waals surface area contributed by atoms with Gasteiger partial charge in [-0.05, 0) is 35.7 Å². The van der Waals surface area contributed by atoms with Crippen LogP contribution < -0.4 is 10.6 Å². The minimum absolute atomic E-state index is 0.182. The van der Waals surface area contributed by atoms with Gasteiger partial charge in [0.05, 0.1) is 23.0 Å². The molecule has 184 valence electrons. The smallest absolute Gasteiger partial charge is 0.247 e. The third kappa shape index (κ3) is 8.36. The Labute approximate surface area is 212 Å². The molecule has 0 radical (unpaired) electrons. The molecule has 0 aromatic heterocycles. The molecule has 0 heterocycles. The van der Waals surface area contributed by atoms with E-state index in [4.69, 9.17) is 40.1 Å². The number of hydrogen-bond donors (Lipinski definition) is 2. The van der Waals surface area contributed by atoms with Crippen LogP contribution in [0.25, 0.3) is 11.1 Å². The van der Waals surface area contributed by atoms with Crippen LogP contribution in [0.4, 0.5) is 8.78 Å². The molecular formula is C22H22Cl3F2N3O3S. The maximum Gasteiger partial charge on any atom is 0.247 e. The molecule has 0 aliphatic carbocycles. The van der Waals surface area contributed by atoms with Crippen molar-refractivity contribution in [2.45, 2.75) is 40.0 Å². The van der Waals surface area contributed by atoms with Crippen LogP contribution in [0.3, 0.4) is 0 Å². The normalized spacial score (nSPS) is 14.2. The fourth-order valence-electron chi connectivity index (χ4n) is 3.18. The Morgan fingerprint density at radius 2 is 1.56 bits per heavy atom. The Balaban J connectivity index is 2.33. The van der Waals surface area contributed by atoms with Crippen LogP contribution in [-0.2, 0) is 14.6 Å². The van der Waals surface area contributed by atoms with Crippen LogP contribution in [0, 0.1) is 11.3 Å². The lowest BCUT2D eigenvalue weighted by atomic mass is 9.99. The summed E-state index contributed by atoms with van der Waals surface area (Å²) in [7, 11) is -3.33. The average Bonchev–Trinajstić information content (AvgIpc) is 2.73. The topological polar surface area (TPSA) is 99.1 Å². The van der Waals surface area contributed by atoms with E-state index in [2.05, 4.69) is 10.6 Å². The maximum absolute atomic E-state index is 13.7. The summed E-state index contributed by atoms with van der Waals surface area (Å²) in [5, 5.41) is 13.6. The Morgan fingerprint density at radius 3 is 1.97 bits per heavy atom. The number of amides is 1. The Hall–Kier alpha value is -1.96. The largest absolute Gasteiger partial charge is 0.342 e. The van der Waals surface area contributed by atoms with Crippen molar-refractivity contribution < 1.29 is 22.0 Å². The van der Waals surface area contributed by atoms with Gasteiger partial charge in [0, 0.05) is 12.7 Å². The van der Waals surface area contributed by atoms with Gasteiger partial charge in [0.1, 0.15) is 6.54 Å². The van der Waals surface area contributed by atoms with Crippen LogP contribution in [0.1, 0.15) is 24.9 Å². The van der Waals surface area contributed by atoms with Crippen LogP contribution in [0.15, 0.2) is 53.4 Å². The zero-order valence-electron chi connectivity index (χ0n) is 18.2. The first-order chi connectivity index (χ1) is 15.6. The molecule has 1 amide bonds. The molecule has 0 bridgehead atoms. The van der Waals surface area contributed by atoms with Crippen LogP contribution >= 0.6 is 34.8 Å². The SMILES string of the molecule is CC(F)(F)C[C@H](N[C@@H](c1ccc(-c2ccc(S(C)(=O)=O)cc2)cc1)C(Cl)(Cl)Cl)C(=O)NCC#N. The molecule has 2 rings (SSSR count). The van der Waals surface area contributed by atoms with Crippen molar-refractivity contribution in [1.82, 2.24) is 10.6 Å². The highest BCUT2D eigenvalue weighted by molar-refractivity contribution is 7.90. The minimum atomic E-state index is -3.33. The van der Waals surface area contributed by atoms with Crippen molar-refractivity contribution in [1.29, 1.82) is 5.26 Å². The molecule has 0 unspecified atom stereocenters. The molecule has 0 aliphatic heterocycles. The van der Waals surface area contributed by atoms with Gasteiger partial charge >= 0.3 is 0 Å². The molecular weight excluding hydrogens is 531 g/mol. The average molecular weight is 553 g/mol. The van der Waals surface area contributed by atoms with E-state index in [1.807, 2.05) is 0 Å². The fraction of sp³-hybridized carbons (Fsp3) is 0.364. The zero-order chi connectivity index (χ0) is 25.7. The van der Waals surface area contributed by atoms with Crippen LogP contribution in [0.5, 0.6) is 0 Å². The molecule has 2 atom stereocenters. The van der Waals surface area contributed by atoms with Gasteiger partial charge in [-0.25, -0.2) is 17.2 Å². The van der Waals surface area contributed by atoms with E-state index in [1.165, 1.54) is 12.1 Å². The maximum atomic E-state index is 13.7. The second-order valence-corrected chi connectivity index (χ2v) is 12.1. The van der Waals surface area contributed by atoms with Crippen molar-refractivity contribution in [3.63, 3.8) is 0 Å². The Morgan fingerprint density at radius 1 is 1.06 bits per heavy atom. The van der Waals surface area contributed by atoms with Crippen LogP contribution in [0.2, 0.25) is 0 Å². The Kier molecular flexibility index (Phi) is 9.30. The Bertz CT molecular complexity index is 1140. The molecule has 0 fully saturated rings. The molecule has 6 nitrogen and oxygen atoms in total. The lowest BCUT2D eigenvalue weighted by Crippen LogP contribution is -2.50. The third-order valence-electron chi connectivity index (χ3n) is 4.78. The summed E-state index contributed by atoms with van der Waals surface area (Å²) in [6.45, 7) is 0.297. The number of nitrogens with zero attached hydrogens (tertiary/aromatic N) is 1. The van der Waals surface area contributed by atoms with E-state index >= 15 is 0 Å². The van der Waals surface area contributed by atoms with Gasteiger partial charge in [-0.3, -0.25) is 10.1 Å². The number of alkyl halides is 5. The highest BCUT2D eigenvalue weighted by Gasteiger charge is 2.39. The van der Waals surface area contributed by atoms with Crippen molar-refractivity contribution in [2.24, 2.45) is 0 Å². The van der Waals surface area contributed by atoms with Crippen molar-refractivity contribution >= 4 is 50.5 Å². The number of nitriles is 1. The third-order valence-corrected chi connectivity index (χ3v) is 6.56. The quantitative estimate of drug-likeness (QED) is 0.344. The number of benzene rings is 2. The predicted octanol–water partition coefficient (Wildman–Crippen LogP) is 4.81. The van der Waals surface area contributed by atoms with Crippen LogP contribution in [-0.4, -0.2) is 42.9 Å². The first kappa shape index (κ1) is 28.3. The zero-order valence-corrected chi connectivity index (χ0v) is 21.2. The van der Waals surface area contributed by atoms with Gasteiger partial charge in [-0.15, -0.1) is 0 Å². The second kappa shape index (κ2) is 11.2. The fourth-order valence-corrected chi connectivity index (χ4v) is 4.38. The molecule has 12 heteroatoms. The van der Waals surface area contributed by atoms with Gasteiger partial charge < -0.3 is 5.32 Å². The van der Waals surface area contributed by atoms with Gasteiger partial charge in [-0.1, -0.05) is 71.2 Å². The van der Waals surface area contributed by atoms with Gasteiger partial charge in [0.25, 0.3) is 0 Å². The van der Waals surface area contributed by atoms with Gasteiger partial charge in [-0.2, -0.15) is 5.26 Å². The molecule has 0 aliphatic rings. The predicted molar refractivity (Wildman–Crippen MR) is 129 cm³/mol. The molecule has 0 spiro atoms. The van der Waals surface area contributed by atoms with Crippen molar-refractivity contribution in [3.05, 3.63) is 54.1 Å². The van der Waals surface area contributed by atoms with E-state index in [-0.39, 0.29) is 11.4 Å². The van der Waals surface area contributed by atoms with E-state index in [9.17, 15) is 22.0 Å². The molecule has 2 N–H and O–H groups in total. The summed E-state index contributed by atoms with van der Waals surface area (Å²) in [5.41, 5.74) is 1.88. The summed E-state index contributed by atoms with van der Waals surface area (Å²) in [6, 6.07) is 12.0. The lowest BCUT2D eigenvalue weighted by molar-refractivity contribution is -0.125. The lowest BCUT2D eigenvalue weighted by Gasteiger charge is -2.31. The number of hydrogen-bond acceptors (Lipinski definition) is 5. The summed E-state index contributed by atoms with van der Waals surface area (Å²) in [4.78, 5) is 12.6. The molecule has 0 saturated carbocycles. The summed E-state index contributed by atoms with van der Waals surface area (Å²) >= 11 is 18.3. The summed E-state index contributed by atoms with van der Waals surface area (Å²) in [5.74, 6) is -4.04. The van der Waals surface area contributed by atoms with Gasteiger partial charge in [0.2, 0.25) is 15.6 Å².